The Labute approximate surface area is 194 Å². The van der Waals surface area contributed by atoms with Crippen LogP contribution in [0, 0.1) is 10.1 Å². The number of hydrogen-bond donors (Lipinski definition) is 1. The maximum absolute atomic E-state index is 12.9. The Morgan fingerprint density at radius 2 is 1.88 bits per heavy atom. The third-order valence-electron chi connectivity index (χ3n) is 6.48. The van der Waals surface area contributed by atoms with Crippen LogP contribution in [-0.2, 0) is 4.74 Å². The van der Waals surface area contributed by atoms with E-state index in [1.54, 1.807) is 12.1 Å². The van der Waals surface area contributed by atoms with Crippen molar-refractivity contribution in [2.45, 2.75) is 38.7 Å². The lowest BCUT2D eigenvalue weighted by molar-refractivity contribution is -0.383. The zero-order chi connectivity index (χ0) is 23.4. The third kappa shape index (κ3) is 5.45. The van der Waals surface area contributed by atoms with Gasteiger partial charge < -0.3 is 19.9 Å². The molecule has 0 saturated carbocycles. The van der Waals surface area contributed by atoms with Crippen molar-refractivity contribution >= 4 is 23.0 Å². The smallest absolute Gasteiger partial charge is 0.292 e. The summed E-state index contributed by atoms with van der Waals surface area (Å²) in [6.07, 6.45) is 2.09. The van der Waals surface area contributed by atoms with Crippen molar-refractivity contribution in [2.75, 3.05) is 49.5 Å². The van der Waals surface area contributed by atoms with Gasteiger partial charge in [-0.15, -0.1) is 0 Å². The summed E-state index contributed by atoms with van der Waals surface area (Å²) in [6, 6.07) is 13.1. The SMILES string of the molecule is CC(C)c1ccc(C(=O)N2CCN(c3ccc([N+](=O)[O-])c(NC[C@@H]4CCCO4)c3)CC2)cc1. The van der Waals surface area contributed by atoms with Gasteiger partial charge in [0.15, 0.2) is 0 Å². The van der Waals surface area contributed by atoms with Crippen LogP contribution < -0.4 is 10.2 Å². The van der Waals surface area contributed by atoms with E-state index in [4.69, 9.17) is 4.74 Å². The van der Waals surface area contributed by atoms with E-state index in [9.17, 15) is 14.9 Å². The van der Waals surface area contributed by atoms with E-state index >= 15 is 0 Å². The Hall–Kier alpha value is -3.13. The number of nitrogens with zero attached hydrogens (tertiary/aromatic N) is 3. The number of benzene rings is 2. The second-order valence-electron chi connectivity index (χ2n) is 9.03. The first-order valence-electron chi connectivity index (χ1n) is 11.7. The molecule has 0 aromatic heterocycles. The molecule has 8 heteroatoms. The number of nitro benzene ring substituents is 1. The quantitative estimate of drug-likeness (QED) is 0.499. The maximum Gasteiger partial charge on any atom is 0.292 e. The number of hydrogen-bond acceptors (Lipinski definition) is 6. The number of carbonyl (C=O) groups excluding carboxylic acids is 1. The number of nitro groups is 1. The first-order valence-corrected chi connectivity index (χ1v) is 11.7. The highest BCUT2D eigenvalue weighted by Gasteiger charge is 2.24. The summed E-state index contributed by atoms with van der Waals surface area (Å²) < 4.78 is 5.63. The minimum atomic E-state index is -0.358. The number of amides is 1. The molecule has 2 aliphatic heterocycles. The molecule has 2 aromatic carbocycles. The summed E-state index contributed by atoms with van der Waals surface area (Å²) in [7, 11) is 0. The first kappa shape index (κ1) is 23.0. The van der Waals surface area contributed by atoms with Gasteiger partial charge in [0.2, 0.25) is 0 Å². The van der Waals surface area contributed by atoms with Crippen LogP contribution in [0.25, 0.3) is 0 Å². The fourth-order valence-electron chi connectivity index (χ4n) is 4.41. The monoisotopic (exact) mass is 452 g/mol. The largest absolute Gasteiger partial charge is 0.377 e. The second kappa shape index (κ2) is 10.2. The van der Waals surface area contributed by atoms with Crippen molar-refractivity contribution in [3.05, 3.63) is 63.7 Å². The molecule has 0 spiro atoms. The topological polar surface area (TPSA) is 88.0 Å². The van der Waals surface area contributed by atoms with E-state index < -0.39 is 0 Å². The second-order valence-corrected chi connectivity index (χ2v) is 9.03. The highest BCUT2D eigenvalue weighted by molar-refractivity contribution is 5.94. The summed E-state index contributed by atoms with van der Waals surface area (Å²) in [4.78, 5) is 28.1. The van der Waals surface area contributed by atoms with E-state index in [-0.39, 0.29) is 22.6 Å². The van der Waals surface area contributed by atoms with Gasteiger partial charge in [-0.1, -0.05) is 26.0 Å². The normalized spacial score (nSPS) is 18.6. The number of anilines is 2. The van der Waals surface area contributed by atoms with Crippen molar-refractivity contribution < 1.29 is 14.5 Å². The van der Waals surface area contributed by atoms with Gasteiger partial charge in [-0.25, -0.2) is 0 Å². The molecule has 1 amide bonds. The van der Waals surface area contributed by atoms with Gasteiger partial charge in [0.05, 0.1) is 11.0 Å². The van der Waals surface area contributed by atoms with Gasteiger partial charge in [-0.3, -0.25) is 14.9 Å². The van der Waals surface area contributed by atoms with Gasteiger partial charge in [-0.05, 0) is 48.6 Å². The van der Waals surface area contributed by atoms with Gasteiger partial charge in [-0.2, -0.15) is 0 Å². The molecule has 0 unspecified atom stereocenters. The van der Waals surface area contributed by atoms with E-state index in [1.807, 2.05) is 35.2 Å². The van der Waals surface area contributed by atoms with Crippen LogP contribution in [0.2, 0.25) is 0 Å². The van der Waals surface area contributed by atoms with Crippen molar-refractivity contribution in [1.82, 2.24) is 4.90 Å². The highest BCUT2D eigenvalue weighted by Crippen LogP contribution is 2.31. The lowest BCUT2D eigenvalue weighted by atomic mass is 10.0. The average molecular weight is 453 g/mol. The van der Waals surface area contributed by atoms with Crippen molar-refractivity contribution in [3.63, 3.8) is 0 Å². The molecular weight excluding hydrogens is 420 g/mol. The van der Waals surface area contributed by atoms with Crippen LogP contribution in [0.5, 0.6) is 0 Å². The summed E-state index contributed by atoms with van der Waals surface area (Å²) in [5.74, 6) is 0.483. The first-order chi connectivity index (χ1) is 15.9. The molecule has 176 valence electrons. The van der Waals surface area contributed by atoms with Crippen molar-refractivity contribution in [3.8, 4) is 0 Å². The maximum atomic E-state index is 12.9. The Bertz CT molecular complexity index is 978. The highest BCUT2D eigenvalue weighted by atomic mass is 16.6. The lowest BCUT2D eigenvalue weighted by Gasteiger charge is -2.36. The average Bonchev–Trinajstić information content (AvgIpc) is 3.36. The summed E-state index contributed by atoms with van der Waals surface area (Å²) in [6.45, 7) is 8.16. The number of nitrogens with one attached hydrogen (secondary N) is 1. The number of carbonyl (C=O) groups is 1. The molecule has 33 heavy (non-hydrogen) atoms. The summed E-state index contributed by atoms with van der Waals surface area (Å²) in [5.41, 5.74) is 3.43. The molecule has 0 aliphatic carbocycles. The minimum Gasteiger partial charge on any atom is -0.377 e. The molecule has 0 radical (unpaired) electrons. The molecule has 1 atom stereocenters. The van der Waals surface area contributed by atoms with Gasteiger partial charge in [0, 0.05) is 56.6 Å². The number of piperazine rings is 1. The van der Waals surface area contributed by atoms with Crippen molar-refractivity contribution in [1.29, 1.82) is 0 Å². The lowest BCUT2D eigenvalue weighted by Crippen LogP contribution is -2.48. The molecule has 4 rings (SSSR count). The van der Waals surface area contributed by atoms with Crippen molar-refractivity contribution in [2.24, 2.45) is 0 Å². The van der Waals surface area contributed by atoms with Crippen LogP contribution in [0.4, 0.5) is 17.1 Å². The molecular formula is C25H32N4O4. The molecule has 2 aromatic rings. The summed E-state index contributed by atoms with van der Waals surface area (Å²) >= 11 is 0. The van der Waals surface area contributed by atoms with Crippen LogP contribution in [0.3, 0.4) is 0 Å². The van der Waals surface area contributed by atoms with Gasteiger partial charge in [0.1, 0.15) is 5.69 Å². The van der Waals surface area contributed by atoms with E-state index in [0.717, 1.165) is 25.1 Å². The van der Waals surface area contributed by atoms with E-state index in [2.05, 4.69) is 24.1 Å². The standard InChI is InChI=1S/C25H32N4O4/c1-18(2)19-5-7-20(8-6-19)25(30)28-13-11-27(12-14-28)21-9-10-24(29(31)32)23(16-21)26-17-22-4-3-15-33-22/h5-10,16,18,22,26H,3-4,11-15,17H2,1-2H3/t22-/m0/s1. The Kier molecular flexibility index (Phi) is 7.13. The van der Waals surface area contributed by atoms with Crippen LogP contribution in [0.1, 0.15) is 48.5 Å². The number of ether oxygens (including phenoxy) is 1. The predicted octanol–water partition coefficient (Wildman–Crippen LogP) is 4.27. The van der Waals surface area contributed by atoms with E-state index in [0.29, 0.717) is 49.9 Å². The Morgan fingerprint density at radius 1 is 1.15 bits per heavy atom. The predicted molar refractivity (Wildman–Crippen MR) is 129 cm³/mol. The number of rotatable bonds is 7. The summed E-state index contributed by atoms with van der Waals surface area (Å²) in [5, 5.41) is 14.7. The fraction of sp³-hybridized carbons (Fsp3) is 0.480. The molecule has 2 aliphatic rings. The molecule has 0 bridgehead atoms. The van der Waals surface area contributed by atoms with Crippen LogP contribution >= 0.6 is 0 Å². The fourth-order valence-corrected chi connectivity index (χ4v) is 4.41. The minimum absolute atomic E-state index is 0.0487. The zero-order valence-electron chi connectivity index (χ0n) is 19.3. The van der Waals surface area contributed by atoms with Gasteiger partial charge >= 0.3 is 0 Å². The van der Waals surface area contributed by atoms with Crippen LogP contribution in [-0.4, -0.2) is 61.2 Å². The zero-order valence-corrected chi connectivity index (χ0v) is 19.3. The Balaban J connectivity index is 1.39. The molecule has 8 nitrogen and oxygen atoms in total. The third-order valence-corrected chi connectivity index (χ3v) is 6.48. The molecule has 2 fully saturated rings. The molecule has 2 heterocycles. The molecule has 1 N–H and O–H groups in total. The van der Waals surface area contributed by atoms with E-state index in [1.165, 1.54) is 5.56 Å². The molecule has 2 saturated heterocycles. The van der Waals surface area contributed by atoms with Crippen LogP contribution in [0.15, 0.2) is 42.5 Å². The van der Waals surface area contributed by atoms with Gasteiger partial charge in [0.25, 0.3) is 11.6 Å². The Morgan fingerprint density at radius 3 is 2.48 bits per heavy atom.